The minimum Gasteiger partial charge on any atom is -0.363 e. The molecule has 0 aromatic heterocycles. The maximum Gasteiger partial charge on any atom is 0.182 e. The molecule has 3 atom stereocenters. The maximum atomic E-state index is 13.3. The number of ether oxygens (including phenoxy) is 1. The van der Waals surface area contributed by atoms with Gasteiger partial charge in [0.05, 0.1) is 15.7 Å². The second kappa shape index (κ2) is 6.32. The fourth-order valence-corrected chi connectivity index (χ4v) is 6.89. The first-order chi connectivity index (χ1) is 12.3. The summed E-state index contributed by atoms with van der Waals surface area (Å²) in [5.74, 6) is -0.148. The van der Waals surface area contributed by atoms with Gasteiger partial charge in [0.2, 0.25) is 0 Å². The highest BCUT2D eigenvalue weighted by Crippen LogP contribution is 2.55. The van der Waals surface area contributed by atoms with Crippen molar-refractivity contribution in [2.24, 2.45) is 5.92 Å². The van der Waals surface area contributed by atoms with Crippen molar-refractivity contribution in [2.45, 2.75) is 42.1 Å². The summed E-state index contributed by atoms with van der Waals surface area (Å²) in [7, 11) is -3.42. The van der Waals surface area contributed by atoms with Gasteiger partial charge in [-0.1, -0.05) is 58.4 Å². The zero-order valence-corrected chi connectivity index (χ0v) is 17.1. The predicted octanol–water partition coefficient (Wildman–Crippen LogP) is 5.09. The molecule has 1 aliphatic heterocycles. The molecule has 0 amide bonds. The third-order valence-corrected chi connectivity index (χ3v) is 8.36. The Balaban J connectivity index is 1.74. The molecule has 1 saturated heterocycles. The first-order valence-electron chi connectivity index (χ1n) is 8.73. The Morgan fingerprint density at radius 1 is 1.04 bits per heavy atom. The van der Waals surface area contributed by atoms with Crippen molar-refractivity contribution in [1.82, 2.24) is 0 Å². The molecule has 1 unspecified atom stereocenters. The summed E-state index contributed by atoms with van der Waals surface area (Å²) in [4.78, 5) is 0.389. The lowest BCUT2D eigenvalue weighted by molar-refractivity contribution is -0.0326. The Kier molecular flexibility index (Phi) is 4.37. The molecule has 0 radical (unpaired) electrons. The zero-order valence-electron chi connectivity index (χ0n) is 14.7. The van der Waals surface area contributed by atoms with Crippen LogP contribution in [0, 0.1) is 5.92 Å². The minimum atomic E-state index is -3.42. The lowest BCUT2D eigenvalue weighted by Crippen LogP contribution is -2.38. The average molecular weight is 433 g/mol. The van der Waals surface area contributed by atoms with E-state index >= 15 is 0 Å². The molecule has 3 nitrogen and oxygen atoms in total. The van der Waals surface area contributed by atoms with E-state index in [1.54, 1.807) is 24.3 Å². The van der Waals surface area contributed by atoms with E-state index in [2.05, 4.69) is 22.0 Å². The van der Waals surface area contributed by atoms with E-state index in [0.29, 0.717) is 11.3 Å². The molecule has 0 saturated carbocycles. The Labute approximate surface area is 163 Å². The number of rotatable bonds is 3. The van der Waals surface area contributed by atoms with Crippen LogP contribution in [0.5, 0.6) is 0 Å². The highest BCUT2D eigenvalue weighted by molar-refractivity contribution is 9.10. The summed E-state index contributed by atoms with van der Waals surface area (Å²) >= 11 is 3.61. The van der Waals surface area contributed by atoms with Crippen LogP contribution in [-0.4, -0.2) is 19.3 Å². The van der Waals surface area contributed by atoms with Crippen molar-refractivity contribution < 1.29 is 13.2 Å². The lowest BCUT2D eigenvalue weighted by Gasteiger charge is -2.30. The number of halogens is 1. The van der Waals surface area contributed by atoms with Crippen LogP contribution in [0.15, 0.2) is 75.6 Å². The molecule has 1 fully saturated rings. The van der Waals surface area contributed by atoms with E-state index in [9.17, 15) is 8.42 Å². The van der Waals surface area contributed by atoms with E-state index in [4.69, 9.17) is 4.74 Å². The van der Waals surface area contributed by atoms with Gasteiger partial charge in [0.15, 0.2) is 9.84 Å². The van der Waals surface area contributed by atoms with E-state index in [0.717, 1.165) is 15.6 Å². The van der Waals surface area contributed by atoms with Gasteiger partial charge < -0.3 is 4.74 Å². The fourth-order valence-electron chi connectivity index (χ4n) is 4.32. The van der Waals surface area contributed by atoms with Crippen molar-refractivity contribution in [3.8, 4) is 0 Å². The van der Waals surface area contributed by atoms with Crippen molar-refractivity contribution in [1.29, 1.82) is 0 Å². The minimum absolute atomic E-state index is 0.148. The quantitative estimate of drug-likeness (QED) is 0.634. The second-order valence-corrected chi connectivity index (χ2v) is 10.5. The summed E-state index contributed by atoms with van der Waals surface area (Å²) in [5.41, 5.74) is 1.59. The Morgan fingerprint density at radius 2 is 1.69 bits per heavy atom. The first-order valence-corrected chi connectivity index (χ1v) is 11.1. The number of sulfone groups is 1. The standard InChI is InChI=1S/C21H21BrO3S/c1-21(2)19-16(20(25-21)15-10-6-7-11-17(15)22)12-13-18(19)26(23,24)14-8-4-3-5-9-14/h3-12,18-20H,13H2,1-2H3/t18-,19?,20+/m0/s1. The Morgan fingerprint density at radius 3 is 2.38 bits per heavy atom. The summed E-state index contributed by atoms with van der Waals surface area (Å²) in [6, 6.07) is 16.7. The number of fused-ring (bicyclic) bond motifs is 1. The van der Waals surface area contributed by atoms with Crippen LogP contribution in [0.25, 0.3) is 0 Å². The van der Waals surface area contributed by atoms with Crippen LogP contribution in [0.3, 0.4) is 0 Å². The summed E-state index contributed by atoms with van der Waals surface area (Å²) in [5, 5.41) is -0.484. The normalized spacial score (nSPS) is 27.2. The third-order valence-electron chi connectivity index (χ3n) is 5.45. The molecule has 1 heterocycles. The van der Waals surface area contributed by atoms with E-state index in [1.165, 1.54) is 0 Å². The van der Waals surface area contributed by atoms with Gasteiger partial charge in [-0.25, -0.2) is 8.42 Å². The van der Waals surface area contributed by atoms with Crippen LogP contribution < -0.4 is 0 Å². The molecule has 0 bridgehead atoms. The summed E-state index contributed by atoms with van der Waals surface area (Å²) in [6.07, 6.45) is 2.40. The SMILES string of the molecule is CC1(C)O[C@H](c2ccccc2Br)C2=CC[C@H](S(=O)(=O)c3ccccc3)C21. The van der Waals surface area contributed by atoms with Crippen LogP contribution in [0.4, 0.5) is 0 Å². The van der Waals surface area contributed by atoms with Crippen molar-refractivity contribution in [3.05, 3.63) is 76.3 Å². The number of allylic oxidation sites excluding steroid dienone is 1. The van der Waals surface area contributed by atoms with E-state index < -0.39 is 20.7 Å². The first kappa shape index (κ1) is 18.0. The molecule has 136 valence electrons. The average Bonchev–Trinajstić information content (AvgIpc) is 3.17. The van der Waals surface area contributed by atoms with Gasteiger partial charge in [-0.3, -0.25) is 0 Å². The molecular formula is C21H21BrO3S. The molecule has 4 rings (SSSR count). The maximum absolute atomic E-state index is 13.3. The van der Waals surface area contributed by atoms with Gasteiger partial charge in [0.25, 0.3) is 0 Å². The van der Waals surface area contributed by atoms with Crippen LogP contribution in [0.2, 0.25) is 0 Å². The number of hydrogen-bond donors (Lipinski definition) is 0. The highest BCUT2D eigenvalue weighted by Gasteiger charge is 2.55. The van der Waals surface area contributed by atoms with Gasteiger partial charge >= 0.3 is 0 Å². The smallest absolute Gasteiger partial charge is 0.182 e. The third kappa shape index (κ3) is 2.77. The predicted molar refractivity (Wildman–Crippen MR) is 106 cm³/mol. The highest BCUT2D eigenvalue weighted by atomic mass is 79.9. The molecule has 5 heteroatoms. The lowest BCUT2D eigenvalue weighted by atomic mass is 9.85. The molecule has 2 aromatic rings. The second-order valence-electron chi connectivity index (χ2n) is 7.44. The van der Waals surface area contributed by atoms with Gasteiger partial charge in [-0.2, -0.15) is 0 Å². The Bertz CT molecular complexity index is 964. The molecule has 2 aliphatic rings. The topological polar surface area (TPSA) is 43.4 Å². The number of benzene rings is 2. The van der Waals surface area contributed by atoms with Crippen molar-refractivity contribution in [3.63, 3.8) is 0 Å². The van der Waals surface area contributed by atoms with Crippen LogP contribution >= 0.6 is 15.9 Å². The van der Waals surface area contributed by atoms with E-state index in [1.807, 2.05) is 44.2 Å². The van der Waals surface area contributed by atoms with Gasteiger partial charge in [0.1, 0.15) is 6.10 Å². The molecule has 26 heavy (non-hydrogen) atoms. The molecule has 0 spiro atoms. The molecule has 2 aromatic carbocycles. The largest absolute Gasteiger partial charge is 0.363 e. The van der Waals surface area contributed by atoms with Crippen molar-refractivity contribution in [2.75, 3.05) is 0 Å². The molecule has 0 N–H and O–H groups in total. The molecule has 1 aliphatic carbocycles. The van der Waals surface area contributed by atoms with Crippen LogP contribution in [-0.2, 0) is 14.6 Å². The summed E-state index contributed by atoms with van der Waals surface area (Å²) in [6.45, 7) is 4.00. The van der Waals surface area contributed by atoms with E-state index in [-0.39, 0.29) is 12.0 Å². The zero-order chi connectivity index (χ0) is 18.5. The van der Waals surface area contributed by atoms with Crippen LogP contribution in [0.1, 0.15) is 31.9 Å². The van der Waals surface area contributed by atoms with Crippen molar-refractivity contribution >= 4 is 25.8 Å². The number of hydrogen-bond acceptors (Lipinski definition) is 3. The fraction of sp³-hybridized carbons (Fsp3) is 0.333. The van der Waals surface area contributed by atoms with Gasteiger partial charge in [-0.05, 0) is 49.6 Å². The van der Waals surface area contributed by atoms with Gasteiger partial charge in [0, 0.05) is 10.4 Å². The Hall–Kier alpha value is -1.43. The molecular weight excluding hydrogens is 412 g/mol. The monoisotopic (exact) mass is 432 g/mol. The van der Waals surface area contributed by atoms with Gasteiger partial charge in [-0.15, -0.1) is 0 Å². The summed E-state index contributed by atoms with van der Waals surface area (Å²) < 4.78 is 33.9.